The summed E-state index contributed by atoms with van der Waals surface area (Å²) in [5.41, 5.74) is -0.381. The number of nitrogens with one attached hydrogen (secondary N) is 1. The van der Waals surface area contributed by atoms with Crippen LogP contribution in [0, 0.1) is 5.82 Å². The van der Waals surface area contributed by atoms with Crippen LogP contribution in [0.2, 0.25) is 0 Å². The van der Waals surface area contributed by atoms with Gasteiger partial charge >= 0.3 is 0 Å². The lowest BCUT2D eigenvalue weighted by Gasteiger charge is -2.33. The monoisotopic (exact) mass is 628 g/mol. The third-order valence-corrected chi connectivity index (χ3v) is 8.00. The molecule has 3 aromatic rings. The third-order valence-electron chi connectivity index (χ3n) is 7.43. The Kier molecular flexibility index (Phi) is 8.86. The molecule has 2 aromatic carbocycles. The van der Waals surface area contributed by atoms with Crippen LogP contribution < -0.4 is 20.5 Å². The molecule has 5 rings (SSSR count). The van der Waals surface area contributed by atoms with E-state index in [0.717, 1.165) is 17.9 Å². The molecule has 1 saturated heterocycles. The molecule has 0 radical (unpaired) electrons. The summed E-state index contributed by atoms with van der Waals surface area (Å²) < 4.78 is 55.7. The second-order valence-electron chi connectivity index (χ2n) is 11.1. The molecule has 0 bridgehead atoms. The maximum atomic E-state index is 14.4. The van der Waals surface area contributed by atoms with Crippen molar-refractivity contribution in [3.8, 4) is 5.75 Å². The van der Waals surface area contributed by atoms with Crippen LogP contribution in [-0.4, -0.2) is 55.3 Å². The van der Waals surface area contributed by atoms with Crippen LogP contribution in [0.3, 0.4) is 0 Å². The molecule has 1 N–H and O–H groups in total. The second-order valence-corrected chi connectivity index (χ2v) is 12.7. The van der Waals surface area contributed by atoms with Gasteiger partial charge in [0.15, 0.2) is 5.69 Å². The quantitative estimate of drug-likeness (QED) is 0.335. The molecule has 44 heavy (non-hydrogen) atoms. The number of anilines is 1. The fourth-order valence-electron chi connectivity index (χ4n) is 5.28. The molecule has 0 unspecified atom stereocenters. The minimum Gasteiger partial charge on any atom is -0.481 e. The SMILES string of the molecule is CC1(C)OCCn2c1nc(C(=O)NCc1ccc(F)cc1N1C(=O)CC[C@@H]1COS(C)(=O)=O)c(OCc1ccccc1)c2=O. The van der Waals surface area contributed by atoms with E-state index in [9.17, 15) is 27.2 Å². The van der Waals surface area contributed by atoms with Crippen LogP contribution in [0.1, 0.15) is 54.1 Å². The van der Waals surface area contributed by atoms with Gasteiger partial charge in [0.2, 0.25) is 11.7 Å². The average molecular weight is 629 g/mol. The van der Waals surface area contributed by atoms with Crippen molar-refractivity contribution in [3.63, 3.8) is 0 Å². The van der Waals surface area contributed by atoms with Gasteiger partial charge in [-0.2, -0.15) is 8.42 Å². The van der Waals surface area contributed by atoms with Crippen molar-refractivity contribution >= 4 is 27.6 Å². The number of amides is 2. The first-order chi connectivity index (χ1) is 20.8. The molecule has 2 aliphatic heterocycles. The van der Waals surface area contributed by atoms with E-state index >= 15 is 0 Å². The highest BCUT2D eigenvalue weighted by atomic mass is 32.2. The molecular formula is C30H33FN4O8S. The molecule has 0 saturated carbocycles. The van der Waals surface area contributed by atoms with Gasteiger partial charge in [0.05, 0.1) is 37.7 Å². The van der Waals surface area contributed by atoms with Gasteiger partial charge < -0.3 is 19.7 Å². The second kappa shape index (κ2) is 12.5. The van der Waals surface area contributed by atoms with Gasteiger partial charge in [-0.25, -0.2) is 9.37 Å². The third kappa shape index (κ3) is 6.82. The van der Waals surface area contributed by atoms with Gasteiger partial charge in [-0.1, -0.05) is 36.4 Å². The zero-order valence-electron chi connectivity index (χ0n) is 24.5. The highest BCUT2D eigenvalue weighted by Gasteiger charge is 2.36. The fraction of sp³-hybridized carbons (Fsp3) is 0.400. The van der Waals surface area contributed by atoms with Crippen LogP contribution in [0.25, 0.3) is 0 Å². The minimum absolute atomic E-state index is 0.0212. The molecule has 234 valence electrons. The predicted molar refractivity (Wildman–Crippen MR) is 157 cm³/mol. The van der Waals surface area contributed by atoms with Crippen molar-refractivity contribution in [2.24, 2.45) is 0 Å². The van der Waals surface area contributed by atoms with Crippen LogP contribution in [0.4, 0.5) is 10.1 Å². The van der Waals surface area contributed by atoms with Crippen LogP contribution in [-0.2, 0) is 49.1 Å². The highest BCUT2D eigenvalue weighted by molar-refractivity contribution is 7.85. The zero-order valence-corrected chi connectivity index (χ0v) is 25.4. The Balaban J connectivity index is 1.45. The first-order valence-corrected chi connectivity index (χ1v) is 15.8. The summed E-state index contributed by atoms with van der Waals surface area (Å²) in [6.07, 6.45) is 1.32. The van der Waals surface area contributed by atoms with Crippen molar-refractivity contribution < 1.29 is 36.1 Å². The lowest BCUT2D eigenvalue weighted by molar-refractivity contribution is -0.117. The van der Waals surface area contributed by atoms with E-state index < -0.39 is 39.0 Å². The number of benzene rings is 2. The van der Waals surface area contributed by atoms with Crippen LogP contribution in [0.15, 0.2) is 53.3 Å². The number of halogens is 1. The van der Waals surface area contributed by atoms with Gasteiger partial charge in [-0.3, -0.25) is 23.1 Å². The number of ether oxygens (including phenoxy) is 2. The average Bonchev–Trinajstić information content (AvgIpc) is 3.34. The van der Waals surface area contributed by atoms with E-state index in [1.54, 1.807) is 13.8 Å². The first-order valence-electron chi connectivity index (χ1n) is 14.0. The first kappa shape index (κ1) is 31.3. The number of hydrogen-bond acceptors (Lipinski definition) is 9. The number of carbonyl (C=O) groups excluding carboxylic acids is 2. The van der Waals surface area contributed by atoms with E-state index in [-0.39, 0.29) is 68.2 Å². The Labute approximate surface area is 253 Å². The van der Waals surface area contributed by atoms with Crippen molar-refractivity contribution in [2.75, 3.05) is 24.4 Å². The molecule has 2 aliphatic rings. The summed E-state index contributed by atoms with van der Waals surface area (Å²) in [4.78, 5) is 45.9. The molecule has 0 spiro atoms. The maximum absolute atomic E-state index is 14.4. The molecule has 12 nitrogen and oxygen atoms in total. The summed E-state index contributed by atoms with van der Waals surface area (Å²) in [6.45, 7) is 3.57. The van der Waals surface area contributed by atoms with Gasteiger partial charge in [0.25, 0.3) is 21.6 Å². The van der Waals surface area contributed by atoms with Crippen molar-refractivity contribution in [2.45, 2.75) is 58.0 Å². The molecule has 14 heteroatoms. The largest absolute Gasteiger partial charge is 0.481 e. The maximum Gasteiger partial charge on any atom is 0.296 e. The normalized spacial score (nSPS) is 17.8. The molecule has 3 heterocycles. The molecule has 1 aromatic heterocycles. The van der Waals surface area contributed by atoms with Gasteiger partial charge in [0.1, 0.15) is 23.8 Å². The standard InChI is InChI=1S/C30H33FN4O8S/c1-30(2)29-33-25(26(28(38)34(29)13-14-42-30)41-17-19-7-5-4-6-8-19)27(37)32-16-20-9-10-21(31)15-23(20)35-22(11-12-24(35)36)18-43-44(3,39)40/h4-10,15,22H,11-14,16-18H2,1-3H3,(H,32,37)/t22-/m1/s1. The fourth-order valence-corrected chi connectivity index (χ4v) is 5.68. The predicted octanol–water partition coefficient (Wildman–Crippen LogP) is 2.63. The molecule has 1 atom stereocenters. The Morgan fingerprint density at radius 3 is 2.66 bits per heavy atom. The number of aromatic nitrogens is 2. The van der Waals surface area contributed by atoms with E-state index in [1.165, 1.54) is 21.6 Å². The molecular weight excluding hydrogens is 595 g/mol. The Bertz CT molecular complexity index is 1740. The number of fused-ring (bicyclic) bond motifs is 1. The minimum atomic E-state index is -3.77. The van der Waals surface area contributed by atoms with E-state index in [2.05, 4.69) is 10.3 Å². The summed E-state index contributed by atoms with van der Waals surface area (Å²) in [5.74, 6) is -1.64. The number of nitrogens with zero attached hydrogens (tertiary/aromatic N) is 3. The number of hydrogen-bond donors (Lipinski definition) is 1. The highest BCUT2D eigenvalue weighted by Crippen LogP contribution is 2.32. The molecule has 0 aliphatic carbocycles. The number of rotatable bonds is 10. The molecule has 1 fully saturated rings. The molecule has 2 amide bonds. The Hall–Kier alpha value is -4.14. The Morgan fingerprint density at radius 2 is 1.93 bits per heavy atom. The summed E-state index contributed by atoms with van der Waals surface area (Å²) >= 11 is 0. The lowest BCUT2D eigenvalue weighted by Crippen LogP contribution is -2.43. The van der Waals surface area contributed by atoms with Gasteiger partial charge in [-0.15, -0.1) is 0 Å². The van der Waals surface area contributed by atoms with E-state index in [1.807, 2.05) is 30.3 Å². The van der Waals surface area contributed by atoms with Crippen molar-refractivity contribution in [1.82, 2.24) is 14.9 Å². The smallest absolute Gasteiger partial charge is 0.296 e. The zero-order chi connectivity index (χ0) is 31.6. The summed E-state index contributed by atoms with van der Waals surface area (Å²) in [7, 11) is -3.77. The Morgan fingerprint density at radius 1 is 1.18 bits per heavy atom. The van der Waals surface area contributed by atoms with Crippen LogP contribution >= 0.6 is 0 Å². The van der Waals surface area contributed by atoms with Crippen molar-refractivity contribution in [3.05, 3.63) is 87.3 Å². The van der Waals surface area contributed by atoms with Gasteiger partial charge in [-0.05, 0) is 43.5 Å². The summed E-state index contributed by atoms with van der Waals surface area (Å²) in [6, 6.07) is 12.2. The lowest BCUT2D eigenvalue weighted by atomic mass is 10.1. The van der Waals surface area contributed by atoms with Crippen LogP contribution in [0.5, 0.6) is 5.75 Å². The van der Waals surface area contributed by atoms with Crippen molar-refractivity contribution in [1.29, 1.82) is 0 Å². The topological polar surface area (TPSA) is 146 Å². The number of carbonyl (C=O) groups is 2. The van der Waals surface area contributed by atoms with E-state index in [0.29, 0.717) is 12.0 Å². The van der Waals surface area contributed by atoms with Gasteiger partial charge in [0, 0.05) is 13.0 Å². The summed E-state index contributed by atoms with van der Waals surface area (Å²) in [5, 5.41) is 2.73. The van der Waals surface area contributed by atoms with E-state index in [4.69, 9.17) is 13.7 Å².